The number of benzene rings is 9. The van der Waals surface area contributed by atoms with Crippen LogP contribution in [0.15, 0.2) is 203 Å². The minimum atomic E-state index is 0.581. The molecule has 0 N–H and O–H groups in total. The molecule has 0 amide bonds. The maximum atomic E-state index is 6.48. The zero-order valence-electron chi connectivity index (χ0n) is 33.9. The van der Waals surface area contributed by atoms with Gasteiger partial charge in [-0.25, -0.2) is 0 Å². The lowest BCUT2D eigenvalue weighted by atomic mass is 9.80. The zero-order chi connectivity index (χ0) is 40.3. The van der Waals surface area contributed by atoms with Crippen LogP contribution in [-0.2, 0) is 0 Å². The second-order valence-corrected chi connectivity index (χ2v) is 16.6. The number of fused-ring (bicyclic) bond motifs is 7. The van der Waals surface area contributed by atoms with Crippen LogP contribution < -0.4 is 4.90 Å². The van der Waals surface area contributed by atoms with Crippen LogP contribution in [0.25, 0.3) is 88.0 Å². The number of nitrogens with zero attached hydrogens (tertiary/aromatic N) is 1. The molecular formula is C58H43NO2. The highest BCUT2D eigenvalue weighted by molar-refractivity contribution is 6.10. The summed E-state index contributed by atoms with van der Waals surface area (Å²) < 4.78 is 12.8. The molecule has 9 aromatic carbocycles. The van der Waals surface area contributed by atoms with E-state index in [1.807, 2.05) is 24.3 Å². The molecule has 1 saturated carbocycles. The summed E-state index contributed by atoms with van der Waals surface area (Å²) >= 11 is 0. The van der Waals surface area contributed by atoms with Gasteiger partial charge in [0.05, 0.1) is 5.69 Å². The summed E-state index contributed by atoms with van der Waals surface area (Å²) in [5.74, 6) is 0.581. The van der Waals surface area contributed by atoms with Gasteiger partial charge in [0.15, 0.2) is 0 Å². The van der Waals surface area contributed by atoms with E-state index in [-0.39, 0.29) is 0 Å². The van der Waals surface area contributed by atoms with E-state index in [9.17, 15) is 0 Å². The molecule has 1 aliphatic carbocycles. The summed E-state index contributed by atoms with van der Waals surface area (Å²) in [7, 11) is 0. The van der Waals surface area contributed by atoms with E-state index in [1.54, 1.807) is 0 Å². The number of furan rings is 2. The largest absolute Gasteiger partial charge is 0.456 e. The van der Waals surface area contributed by atoms with Crippen LogP contribution >= 0.6 is 0 Å². The first-order valence-corrected chi connectivity index (χ1v) is 21.7. The molecule has 12 rings (SSSR count). The highest BCUT2D eigenvalue weighted by Crippen LogP contribution is 2.47. The molecule has 11 aromatic rings. The van der Waals surface area contributed by atoms with Crippen molar-refractivity contribution in [2.75, 3.05) is 4.90 Å². The third-order valence-corrected chi connectivity index (χ3v) is 13.1. The second kappa shape index (κ2) is 14.7. The molecule has 0 saturated heterocycles. The van der Waals surface area contributed by atoms with Gasteiger partial charge in [0.2, 0.25) is 0 Å². The van der Waals surface area contributed by atoms with Crippen molar-refractivity contribution in [1.29, 1.82) is 0 Å². The van der Waals surface area contributed by atoms with Crippen molar-refractivity contribution in [3.63, 3.8) is 0 Å². The Morgan fingerprint density at radius 3 is 1.75 bits per heavy atom. The third-order valence-electron chi connectivity index (χ3n) is 13.1. The molecule has 61 heavy (non-hydrogen) atoms. The standard InChI is InChI=1S/C58H43NO2/c1-2-13-39(14-3-1)45-20-10-15-41-16-11-22-51(57(41)45)47-17-4-7-24-53(47)59(43-32-27-38(28-33-43)42-31-36-50-48-18-5-8-25-54(48)60-56(50)37-42)44-34-29-40(30-35-44)46-21-12-23-52-49-19-6-9-26-55(49)61-58(46)52/h4-12,15-37,39H,1-3,13-14H2. The normalized spacial score (nSPS) is 13.5. The summed E-state index contributed by atoms with van der Waals surface area (Å²) in [6, 6.07) is 70.3. The van der Waals surface area contributed by atoms with E-state index in [1.165, 1.54) is 59.6 Å². The first-order chi connectivity index (χ1) is 30.2. The first-order valence-electron chi connectivity index (χ1n) is 21.7. The van der Waals surface area contributed by atoms with E-state index in [4.69, 9.17) is 8.83 Å². The Balaban J connectivity index is 1.00. The lowest BCUT2D eigenvalue weighted by Crippen LogP contribution is -2.11. The number of rotatable bonds is 7. The maximum Gasteiger partial charge on any atom is 0.143 e. The predicted octanol–water partition coefficient (Wildman–Crippen LogP) is 17.2. The van der Waals surface area contributed by atoms with Gasteiger partial charge in [-0.05, 0) is 112 Å². The molecule has 1 aliphatic rings. The number of anilines is 3. The van der Waals surface area contributed by atoms with Crippen molar-refractivity contribution >= 4 is 71.7 Å². The van der Waals surface area contributed by atoms with E-state index in [2.05, 4.69) is 175 Å². The molecule has 0 unspecified atom stereocenters. The van der Waals surface area contributed by atoms with Crippen molar-refractivity contribution in [3.05, 3.63) is 200 Å². The number of para-hydroxylation sites is 4. The predicted molar refractivity (Wildman–Crippen MR) is 255 cm³/mol. The Kier molecular flexibility index (Phi) is 8.59. The van der Waals surface area contributed by atoms with Crippen LogP contribution in [0.3, 0.4) is 0 Å². The van der Waals surface area contributed by atoms with E-state index < -0.39 is 0 Å². The zero-order valence-corrected chi connectivity index (χ0v) is 33.9. The van der Waals surface area contributed by atoms with Crippen molar-refractivity contribution in [1.82, 2.24) is 0 Å². The monoisotopic (exact) mass is 785 g/mol. The Morgan fingerprint density at radius 1 is 0.393 bits per heavy atom. The van der Waals surface area contributed by atoms with Crippen LogP contribution in [0.2, 0.25) is 0 Å². The van der Waals surface area contributed by atoms with Gasteiger partial charge in [-0.15, -0.1) is 0 Å². The fourth-order valence-corrected chi connectivity index (χ4v) is 10.1. The number of hydrogen-bond acceptors (Lipinski definition) is 3. The molecule has 0 spiro atoms. The molecule has 0 atom stereocenters. The SMILES string of the molecule is c1ccc(N(c2ccc(-c3ccc4c(c3)oc3ccccc34)cc2)c2ccc(-c3cccc4c3oc3ccccc34)cc2)c(-c2cccc3cccc(C4CCCCC4)c23)c1. The minimum Gasteiger partial charge on any atom is -0.456 e. The van der Waals surface area contributed by atoms with Gasteiger partial charge in [-0.2, -0.15) is 0 Å². The average molecular weight is 786 g/mol. The summed E-state index contributed by atoms with van der Waals surface area (Å²) in [4.78, 5) is 2.43. The molecule has 0 radical (unpaired) electrons. The lowest BCUT2D eigenvalue weighted by Gasteiger charge is -2.29. The molecule has 3 nitrogen and oxygen atoms in total. The molecule has 2 heterocycles. The second-order valence-electron chi connectivity index (χ2n) is 16.6. The fourth-order valence-electron chi connectivity index (χ4n) is 10.1. The van der Waals surface area contributed by atoms with E-state index in [0.717, 1.165) is 83.2 Å². The van der Waals surface area contributed by atoms with Crippen molar-refractivity contribution in [3.8, 4) is 33.4 Å². The Labute approximate surface area is 355 Å². The topological polar surface area (TPSA) is 29.5 Å². The molecule has 0 aliphatic heterocycles. The molecule has 2 aromatic heterocycles. The van der Waals surface area contributed by atoms with Crippen LogP contribution in [-0.4, -0.2) is 0 Å². The van der Waals surface area contributed by atoms with Crippen LogP contribution in [0, 0.1) is 0 Å². The maximum absolute atomic E-state index is 6.48. The van der Waals surface area contributed by atoms with Gasteiger partial charge >= 0.3 is 0 Å². The smallest absolute Gasteiger partial charge is 0.143 e. The van der Waals surface area contributed by atoms with Crippen molar-refractivity contribution < 1.29 is 8.83 Å². The quantitative estimate of drug-likeness (QED) is 0.161. The molecule has 1 fully saturated rings. The van der Waals surface area contributed by atoms with Crippen LogP contribution in [0.5, 0.6) is 0 Å². The Morgan fingerprint density at radius 2 is 0.967 bits per heavy atom. The van der Waals surface area contributed by atoms with E-state index >= 15 is 0 Å². The van der Waals surface area contributed by atoms with Gasteiger partial charge in [0.25, 0.3) is 0 Å². The van der Waals surface area contributed by atoms with Gasteiger partial charge < -0.3 is 13.7 Å². The lowest BCUT2D eigenvalue weighted by molar-refractivity contribution is 0.445. The molecule has 3 heteroatoms. The summed E-state index contributed by atoms with van der Waals surface area (Å²) in [6.07, 6.45) is 6.45. The Bertz CT molecular complexity index is 3400. The van der Waals surface area contributed by atoms with Gasteiger partial charge in [0.1, 0.15) is 22.3 Å². The van der Waals surface area contributed by atoms with Crippen LogP contribution in [0.4, 0.5) is 17.1 Å². The summed E-state index contributed by atoms with van der Waals surface area (Å²) in [5.41, 5.74) is 15.4. The first kappa shape index (κ1) is 35.6. The van der Waals surface area contributed by atoms with Crippen LogP contribution in [0.1, 0.15) is 43.6 Å². The van der Waals surface area contributed by atoms with Gasteiger partial charge in [0, 0.05) is 44.0 Å². The average Bonchev–Trinajstić information content (AvgIpc) is 3.91. The fraction of sp³-hybridized carbons (Fsp3) is 0.103. The van der Waals surface area contributed by atoms with Crippen molar-refractivity contribution in [2.45, 2.75) is 38.0 Å². The molecule has 0 bridgehead atoms. The minimum absolute atomic E-state index is 0.581. The highest BCUT2D eigenvalue weighted by Gasteiger charge is 2.23. The highest BCUT2D eigenvalue weighted by atomic mass is 16.3. The van der Waals surface area contributed by atoms with Crippen molar-refractivity contribution in [2.24, 2.45) is 0 Å². The van der Waals surface area contributed by atoms with Gasteiger partial charge in [-0.3, -0.25) is 0 Å². The summed E-state index contributed by atoms with van der Waals surface area (Å²) in [6.45, 7) is 0. The molecule has 292 valence electrons. The number of hydrogen-bond donors (Lipinski definition) is 0. The van der Waals surface area contributed by atoms with E-state index in [0.29, 0.717) is 5.92 Å². The summed E-state index contributed by atoms with van der Waals surface area (Å²) in [5, 5.41) is 7.24. The molecular weight excluding hydrogens is 743 g/mol. The third kappa shape index (κ3) is 6.11. The Hall–Kier alpha value is -7.36. The van der Waals surface area contributed by atoms with Gasteiger partial charge in [-0.1, -0.05) is 159 Å².